The fraction of sp³-hybridized carbons (Fsp3) is 0.353. The van der Waals surface area contributed by atoms with Crippen LogP contribution in [0.25, 0.3) is 11.3 Å². The number of hydrogen-bond acceptors (Lipinski definition) is 3. The number of halogens is 1. The van der Waals surface area contributed by atoms with Crippen LogP contribution in [0.5, 0.6) is 0 Å². The van der Waals surface area contributed by atoms with Gasteiger partial charge in [0.2, 0.25) is 5.91 Å². The summed E-state index contributed by atoms with van der Waals surface area (Å²) in [6.45, 7) is 2.58. The van der Waals surface area contributed by atoms with Crippen LogP contribution in [-0.2, 0) is 22.6 Å². The number of aliphatic carboxylic acids is 1. The SMILES string of the molecule is CCC(C(=O)O)C(=O)N1CCc2[nH]nc(-c3ccc(Cl)cc3)c2C1. The predicted octanol–water partition coefficient (Wildman–Crippen LogP) is 2.73. The molecule has 1 atom stereocenters. The number of H-pyrrole nitrogens is 1. The van der Waals surface area contributed by atoms with Crippen molar-refractivity contribution in [2.45, 2.75) is 26.3 Å². The zero-order chi connectivity index (χ0) is 17.3. The number of fused-ring (bicyclic) bond motifs is 1. The van der Waals surface area contributed by atoms with Gasteiger partial charge in [0.15, 0.2) is 0 Å². The summed E-state index contributed by atoms with van der Waals surface area (Å²) in [4.78, 5) is 25.4. The highest BCUT2D eigenvalue weighted by Gasteiger charge is 2.32. The molecule has 0 aliphatic carbocycles. The molecule has 0 saturated carbocycles. The molecule has 0 radical (unpaired) electrons. The number of amides is 1. The first-order chi connectivity index (χ1) is 11.5. The molecule has 2 N–H and O–H groups in total. The molecule has 1 unspecified atom stereocenters. The number of nitrogens with zero attached hydrogens (tertiary/aromatic N) is 2. The van der Waals surface area contributed by atoms with Crippen molar-refractivity contribution in [1.29, 1.82) is 0 Å². The van der Waals surface area contributed by atoms with Crippen molar-refractivity contribution in [1.82, 2.24) is 15.1 Å². The van der Waals surface area contributed by atoms with Crippen LogP contribution in [0.1, 0.15) is 24.6 Å². The Hall–Kier alpha value is -2.34. The van der Waals surface area contributed by atoms with Crippen molar-refractivity contribution >= 4 is 23.5 Å². The van der Waals surface area contributed by atoms with E-state index in [1.54, 1.807) is 24.0 Å². The van der Waals surface area contributed by atoms with Gasteiger partial charge in [-0.05, 0) is 18.6 Å². The summed E-state index contributed by atoms with van der Waals surface area (Å²) in [6.07, 6.45) is 0.921. The van der Waals surface area contributed by atoms with Crippen LogP contribution >= 0.6 is 11.6 Å². The molecule has 2 heterocycles. The van der Waals surface area contributed by atoms with Crippen LogP contribution < -0.4 is 0 Å². The second-order valence-corrected chi connectivity index (χ2v) is 6.28. The van der Waals surface area contributed by atoms with Crippen LogP contribution in [0.4, 0.5) is 0 Å². The van der Waals surface area contributed by atoms with Crippen LogP contribution in [-0.4, -0.2) is 38.6 Å². The third-order valence-electron chi connectivity index (χ3n) is 4.37. The fourth-order valence-electron chi connectivity index (χ4n) is 3.00. The second kappa shape index (κ2) is 6.65. The lowest BCUT2D eigenvalue weighted by molar-refractivity contribution is -0.151. The molecule has 24 heavy (non-hydrogen) atoms. The molecule has 2 aromatic rings. The topological polar surface area (TPSA) is 86.3 Å². The minimum Gasteiger partial charge on any atom is -0.481 e. The first kappa shape index (κ1) is 16.5. The van der Waals surface area contributed by atoms with Crippen molar-refractivity contribution in [2.24, 2.45) is 5.92 Å². The zero-order valence-electron chi connectivity index (χ0n) is 13.3. The number of carbonyl (C=O) groups excluding carboxylic acids is 1. The highest BCUT2D eigenvalue weighted by molar-refractivity contribution is 6.30. The number of rotatable bonds is 4. The smallest absolute Gasteiger partial charge is 0.316 e. The van der Waals surface area contributed by atoms with Crippen LogP contribution in [0.3, 0.4) is 0 Å². The minimum atomic E-state index is -1.07. The van der Waals surface area contributed by atoms with Crippen molar-refractivity contribution in [2.75, 3.05) is 6.54 Å². The molecule has 1 aromatic heterocycles. The van der Waals surface area contributed by atoms with E-state index in [-0.39, 0.29) is 12.3 Å². The number of benzene rings is 1. The van der Waals surface area contributed by atoms with Gasteiger partial charge in [0.05, 0.1) is 5.69 Å². The van der Waals surface area contributed by atoms with Gasteiger partial charge in [-0.15, -0.1) is 0 Å². The van der Waals surface area contributed by atoms with Crippen LogP contribution in [0.15, 0.2) is 24.3 Å². The number of aromatic amines is 1. The standard InChI is InChI=1S/C17H18ClN3O3/c1-2-12(17(23)24)16(22)21-8-7-14-13(9-21)15(20-19-14)10-3-5-11(18)6-4-10/h3-6,12H,2,7-9H2,1H3,(H,19,20)(H,23,24). The van der Waals surface area contributed by atoms with E-state index >= 15 is 0 Å². The molecule has 3 rings (SSSR count). The van der Waals surface area contributed by atoms with Gasteiger partial charge in [-0.3, -0.25) is 14.7 Å². The summed E-state index contributed by atoms with van der Waals surface area (Å²) >= 11 is 5.92. The van der Waals surface area contributed by atoms with E-state index in [1.165, 1.54) is 0 Å². The minimum absolute atomic E-state index is 0.285. The van der Waals surface area contributed by atoms with E-state index in [4.69, 9.17) is 11.6 Å². The molecular formula is C17H18ClN3O3. The number of carboxylic acids is 1. The van der Waals surface area contributed by atoms with Crippen molar-refractivity contribution in [3.05, 3.63) is 40.5 Å². The molecular weight excluding hydrogens is 330 g/mol. The van der Waals surface area contributed by atoms with Crippen molar-refractivity contribution in [3.8, 4) is 11.3 Å². The third-order valence-corrected chi connectivity index (χ3v) is 4.62. The second-order valence-electron chi connectivity index (χ2n) is 5.85. The Bertz CT molecular complexity index is 770. The van der Waals surface area contributed by atoms with Gasteiger partial charge in [-0.1, -0.05) is 30.7 Å². The van der Waals surface area contributed by atoms with Gasteiger partial charge < -0.3 is 10.0 Å². The highest BCUT2D eigenvalue weighted by Crippen LogP contribution is 2.29. The van der Waals surface area contributed by atoms with Crippen LogP contribution in [0, 0.1) is 5.92 Å². The average Bonchev–Trinajstić information content (AvgIpc) is 2.99. The monoisotopic (exact) mass is 347 g/mol. The lowest BCUT2D eigenvalue weighted by atomic mass is 9.98. The molecule has 1 aliphatic heterocycles. The number of carboxylic acid groups (broad SMARTS) is 1. The van der Waals surface area contributed by atoms with E-state index in [0.717, 1.165) is 22.5 Å². The molecule has 0 saturated heterocycles. The number of aromatic nitrogens is 2. The first-order valence-corrected chi connectivity index (χ1v) is 8.22. The number of carbonyl (C=O) groups is 2. The quantitative estimate of drug-likeness (QED) is 0.832. The summed E-state index contributed by atoms with van der Waals surface area (Å²) < 4.78 is 0. The van der Waals surface area contributed by atoms with Crippen molar-refractivity contribution in [3.63, 3.8) is 0 Å². The fourth-order valence-corrected chi connectivity index (χ4v) is 3.13. The predicted molar refractivity (Wildman–Crippen MR) is 89.6 cm³/mol. The summed E-state index contributed by atoms with van der Waals surface area (Å²) in [5.74, 6) is -2.39. The number of nitrogens with one attached hydrogen (secondary N) is 1. The van der Waals surface area contributed by atoms with Gasteiger partial charge in [-0.2, -0.15) is 5.10 Å². The molecule has 0 fully saturated rings. The molecule has 0 spiro atoms. The maximum Gasteiger partial charge on any atom is 0.316 e. The van der Waals surface area contributed by atoms with E-state index in [1.807, 2.05) is 12.1 Å². The summed E-state index contributed by atoms with van der Waals surface area (Å²) in [6, 6.07) is 7.35. The average molecular weight is 348 g/mol. The molecule has 1 amide bonds. The maximum atomic E-state index is 12.5. The van der Waals surface area contributed by atoms with Gasteiger partial charge in [0.1, 0.15) is 5.92 Å². The van der Waals surface area contributed by atoms with Gasteiger partial charge in [0, 0.05) is 41.4 Å². The maximum absolute atomic E-state index is 12.5. The highest BCUT2D eigenvalue weighted by atomic mass is 35.5. The molecule has 126 valence electrons. The Morgan fingerprint density at radius 2 is 2.08 bits per heavy atom. The summed E-state index contributed by atoms with van der Waals surface area (Å²) in [5.41, 5.74) is 3.63. The largest absolute Gasteiger partial charge is 0.481 e. The Morgan fingerprint density at radius 3 is 2.71 bits per heavy atom. The van der Waals surface area contributed by atoms with Gasteiger partial charge in [0.25, 0.3) is 0 Å². The molecule has 6 nitrogen and oxygen atoms in total. The lowest BCUT2D eigenvalue weighted by Crippen LogP contribution is -2.42. The van der Waals surface area contributed by atoms with Crippen molar-refractivity contribution < 1.29 is 14.7 Å². The molecule has 1 aromatic carbocycles. The number of hydrogen-bond donors (Lipinski definition) is 2. The molecule has 1 aliphatic rings. The Balaban J connectivity index is 1.87. The van der Waals surface area contributed by atoms with E-state index < -0.39 is 11.9 Å². The van der Waals surface area contributed by atoms with Gasteiger partial charge in [-0.25, -0.2) is 0 Å². The normalized spacial score (nSPS) is 15.0. The van der Waals surface area contributed by atoms with E-state index in [0.29, 0.717) is 24.5 Å². The van der Waals surface area contributed by atoms with E-state index in [9.17, 15) is 14.7 Å². The van der Waals surface area contributed by atoms with Crippen LogP contribution in [0.2, 0.25) is 5.02 Å². The van der Waals surface area contributed by atoms with Gasteiger partial charge >= 0.3 is 5.97 Å². The zero-order valence-corrected chi connectivity index (χ0v) is 14.0. The lowest BCUT2D eigenvalue weighted by Gasteiger charge is -2.29. The first-order valence-electron chi connectivity index (χ1n) is 7.85. The third kappa shape index (κ3) is 3.01. The van der Waals surface area contributed by atoms with E-state index in [2.05, 4.69) is 10.2 Å². The molecule has 7 heteroatoms. The Labute approximate surface area is 144 Å². The Morgan fingerprint density at radius 1 is 1.38 bits per heavy atom. The summed E-state index contributed by atoms with van der Waals surface area (Å²) in [5, 5.41) is 17.3. The molecule has 0 bridgehead atoms. The Kier molecular flexibility index (Phi) is 4.57. The summed E-state index contributed by atoms with van der Waals surface area (Å²) in [7, 11) is 0.